The van der Waals surface area contributed by atoms with Crippen LogP contribution in [-0.2, 0) is 4.74 Å². The molecule has 0 amide bonds. The third kappa shape index (κ3) is 5.73. The first kappa shape index (κ1) is 15.8. The molecule has 5 heteroatoms. The molecule has 5 nitrogen and oxygen atoms in total. The Bertz CT molecular complexity index is 459. The second-order valence-electron chi connectivity index (χ2n) is 5.47. The van der Waals surface area contributed by atoms with Gasteiger partial charge in [-0.05, 0) is 37.9 Å². The van der Waals surface area contributed by atoms with Gasteiger partial charge in [0, 0.05) is 19.7 Å². The van der Waals surface area contributed by atoms with Gasteiger partial charge in [-0.1, -0.05) is 12.1 Å². The quantitative estimate of drug-likeness (QED) is 0.670. The average molecular weight is 293 g/mol. The molecule has 1 saturated carbocycles. The fraction of sp³-hybridized carbons (Fsp3) is 0.562. The first-order valence-corrected chi connectivity index (χ1v) is 7.38. The summed E-state index contributed by atoms with van der Waals surface area (Å²) in [6.45, 7) is 3.68. The van der Waals surface area contributed by atoms with Gasteiger partial charge in [-0.3, -0.25) is 0 Å². The number of ether oxygens (including phenoxy) is 2. The maximum atomic E-state index is 11.0. The van der Waals surface area contributed by atoms with Gasteiger partial charge in [-0.25, -0.2) is 4.79 Å². The molecule has 0 bridgehead atoms. The molecule has 1 aromatic rings. The third-order valence-electron chi connectivity index (χ3n) is 3.52. The molecule has 0 spiro atoms. The van der Waals surface area contributed by atoms with E-state index in [1.54, 1.807) is 24.3 Å². The van der Waals surface area contributed by atoms with Crippen LogP contribution in [0.5, 0.6) is 5.75 Å². The molecule has 0 heterocycles. The molecule has 0 saturated heterocycles. The molecule has 1 aromatic carbocycles. The van der Waals surface area contributed by atoms with Gasteiger partial charge in [-0.2, -0.15) is 0 Å². The highest BCUT2D eigenvalue weighted by Gasteiger charge is 2.20. The predicted molar refractivity (Wildman–Crippen MR) is 79.9 cm³/mol. The van der Waals surface area contributed by atoms with Crippen molar-refractivity contribution in [3.8, 4) is 5.75 Å². The van der Waals surface area contributed by atoms with Gasteiger partial charge in [0.05, 0.1) is 6.61 Å². The lowest BCUT2D eigenvalue weighted by Gasteiger charge is -2.17. The van der Waals surface area contributed by atoms with E-state index in [-0.39, 0.29) is 5.56 Å². The third-order valence-corrected chi connectivity index (χ3v) is 3.52. The molecule has 0 unspecified atom stereocenters. The fourth-order valence-electron chi connectivity index (χ4n) is 1.95. The maximum Gasteiger partial charge on any atom is 0.339 e. The average Bonchev–Trinajstić information content (AvgIpc) is 3.28. The van der Waals surface area contributed by atoms with Crippen molar-refractivity contribution in [2.24, 2.45) is 5.92 Å². The molecular formula is C16H23NO4. The fourth-order valence-corrected chi connectivity index (χ4v) is 1.95. The van der Waals surface area contributed by atoms with Gasteiger partial charge in [0.25, 0.3) is 0 Å². The Kier molecular flexibility index (Phi) is 6.02. The van der Waals surface area contributed by atoms with Crippen LogP contribution in [0.25, 0.3) is 0 Å². The second-order valence-corrected chi connectivity index (χ2v) is 5.47. The minimum absolute atomic E-state index is 0.202. The monoisotopic (exact) mass is 293 g/mol. The maximum absolute atomic E-state index is 11.0. The highest BCUT2D eigenvalue weighted by atomic mass is 16.5. The number of carboxylic acids is 1. The van der Waals surface area contributed by atoms with Crippen molar-refractivity contribution >= 4 is 5.97 Å². The zero-order valence-corrected chi connectivity index (χ0v) is 12.5. The van der Waals surface area contributed by atoms with Crippen molar-refractivity contribution in [2.45, 2.75) is 12.8 Å². The molecule has 21 heavy (non-hydrogen) atoms. The normalized spacial score (nSPS) is 14.4. The molecular weight excluding hydrogens is 270 g/mol. The van der Waals surface area contributed by atoms with Crippen LogP contribution in [0.15, 0.2) is 24.3 Å². The summed E-state index contributed by atoms with van der Waals surface area (Å²) in [5.41, 5.74) is 0.202. The summed E-state index contributed by atoms with van der Waals surface area (Å²) >= 11 is 0. The van der Waals surface area contributed by atoms with Crippen molar-refractivity contribution in [1.29, 1.82) is 0 Å². The lowest BCUT2D eigenvalue weighted by Crippen LogP contribution is -2.28. The Morgan fingerprint density at radius 2 is 2.00 bits per heavy atom. The molecule has 0 radical (unpaired) electrons. The van der Waals surface area contributed by atoms with Crippen LogP contribution in [0.3, 0.4) is 0 Å². The standard InChI is InChI=1S/C16H23NO4/c1-17(8-10-20-12-13-6-7-13)9-11-21-15-5-3-2-4-14(15)16(18)19/h2-5,13H,6-12H2,1H3,(H,18,19). The minimum Gasteiger partial charge on any atom is -0.491 e. The van der Waals surface area contributed by atoms with Crippen LogP contribution < -0.4 is 4.74 Å². The Morgan fingerprint density at radius 3 is 2.71 bits per heavy atom. The Balaban J connectivity index is 1.62. The van der Waals surface area contributed by atoms with E-state index in [2.05, 4.69) is 4.90 Å². The van der Waals surface area contributed by atoms with Crippen molar-refractivity contribution in [3.63, 3.8) is 0 Å². The lowest BCUT2D eigenvalue weighted by atomic mass is 10.2. The number of para-hydroxylation sites is 1. The highest BCUT2D eigenvalue weighted by Crippen LogP contribution is 2.28. The number of aromatic carboxylic acids is 1. The predicted octanol–water partition coefficient (Wildman–Crippen LogP) is 2.12. The lowest BCUT2D eigenvalue weighted by molar-refractivity contribution is 0.0691. The zero-order valence-electron chi connectivity index (χ0n) is 12.5. The van der Waals surface area contributed by atoms with Crippen molar-refractivity contribution in [3.05, 3.63) is 29.8 Å². The van der Waals surface area contributed by atoms with Crippen LogP contribution in [0.2, 0.25) is 0 Å². The summed E-state index contributed by atoms with van der Waals surface area (Å²) in [4.78, 5) is 13.2. The number of hydrogen-bond acceptors (Lipinski definition) is 4. The molecule has 0 aliphatic heterocycles. The van der Waals surface area contributed by atoms with E-state index in [1.807, 2.05) is 7.05 Å². The molecule has 1 aliphatic rings. The summed E-state index contributed by atoms with van der Waals surface area (Å²) in [6, 6.07) is 6.70. The molecule has 1 aliphatic carbocycles. The van der Waals surface area contributed by atoms with Crippen LogP contribution in [0.4, 0.5) is 0 Å². The van der Waals surface area contributed by atoms with Crippen LogP contribution >= 0.6 is 0 Å². The van der Waals surface area contributed by atoms with Crippen LogP contribution in [-0.4, -0.2) is 55.9 Å². The topological polar surface area (TPSA) is 59.0 Å². The van der Waals surface area contributed by atoms with E-state index in [0.717, 1.165) is 32.2 Å². The van der Waals surface area contributed by atoms with Gasteiger partial charge < -0.3 is 19.5 Å². The minimum atomic E-state index is -0.965. The summed E-state index contributed by atoms with van der Waals surface area (Å²) in [5, 5.41) is 9.06. The SMILES string of the molecule is CN(CCOCC1CC1)CCOc1ccccc1C(=O)O. The zero-order chi connectivity index (χ0) is 15.1. The van der Waals surface area contributed by atoms with Gasteiger partial charge >= 0.3 is 5.97 Å². The summed E-state index contributed by atoms with van der Waals surface area (Å²) < 4.78 is 11.1. The van der Waals surface area contributed by atoms with Gasteiger partial charge in [0.15, 0.2) is 0 Å². The van der Waals surface area contributed by atoms with E-state index < -0.39 is 5.97 Å². The first-order valence-electron chi connectivity index (χ1n) is 7.38. The van der Waals surface area contributed by atoms with Crippen LogP contribution in [0, 0.1) is 5.92 Å². The second kappa shape index (κ2) is 8.00. The largest absolute Gasteiger partial charge is 0.491 e. The number of carboxylic acid groups (broad SMARTS) is 1. The summed E-state index contributed by atoms with van der Waals surface area (Å²) in [7, 11) is 2.01. The number of likely N-dealkylation sites (N-methyl/N-ethyl adjacent to an activating group) is 1. The molecule has 0 aromatic heterocycles. The Hall–Kier alpha value is -1.59. The van der Waals surface area contributed by atoms with E-state index in [0.29, 0.717) is 12.4 Å². The van der Waals surface area contributed by atoms with Gasteiger partial charge in [-0.15, -0.1) is 0 Å². The van der Waals surface area contributed by atoms with E-state index >= 15 is 0 Å². The summed E-state index contributed by atoms with van der Waals surface area (Å²) in [6.07, 6.45) is 2.62. The number of nitrogens with zero attached hydrogens (tertiary/aromatic N) is 1. The smallest absolute Gasteiger partial charge is 0.339 e. The van der Waals surface area contributed by atoms with E-state index in [9.17, 15) is 4.79 Å². The van der Waals surface area contributed by atoms with Crippen molar-refractivity contribution in [2.75, 3.05) is 40.0 Å². The van der Waals surface area contributed by atoms with Gasteiger partial charge in [0.2, 0.25) is 0 Å². The Morgan fingerprint density at radius 1 is 1.29 bits per heavy atom. The summed E-state index contributed by atoms with van der Waals surface area (Å²) in [5.74, 6) is 0.252. The number of rotatable bonds is 10. The highest BCUT2D eigenvalue weighted by molar-refractivity contribution is 5.90. The van der Waals surface area contributed by atoms with Crippen molar-refractivity contribution in [1.82, 2.24) is 4.90 Å². The van der Waals surface area contributed by atoms with Gasteiger partial charge in [0.1, 0.15) is 17.9 Å². The number of benzene rings is 1. The molecule has 1 N–H and O–H groups in total. The number of carbonyl (C=O) groups is 1. The molecule has 116 valence electrons. The van der Waals surface area contributed by atoms with E-state index in [1.165, 1.54) is 12.8 Å². The Labute approximate surface area is 125 Å². The molecule has 0 atom stereocenters. The molecule has 2 rings (SSSR count). The van der Waals surface area contributed by atoms with Crippen LogP contribution in [0.1, 0.15) is 23.2 Å². The molecule has 1 fully saturated rings. The van der Waals surface area contributed by atoms with Crippen molar-refractivity contribution < 1.29 is 19.4 Å². The number of hydrogen-bond donors (Lipinski definition) is 1. The first-order chi connectivity index (χ1) is 10.2. The van der Waals surface area contributed by atoms with E-state index in [4.69, 9.17) is 14.6 Å².